The van der Waals surface area contributed by atoms with E-state index in [2.05, 4.69) is 4.98 Å². The highest BCUT2D eigenvalue weighted by atomic mass is 35.5. The number of aromatic carboxylic acids is 1. The first-order valence-corrected chi connectivity index (χ1v) is 5.80. The summed E-state index contributed by atoms with van der Waals surface area (Å²) >= 11 is 11.4. The fourth-order valence-electron chi connectivity index (χ4n) is 1.53. The molecule has 0 fully saturated rings. The van der Waals surface area contributed by atoms with E-state index in [4.69, 9.17) is 34.0 Å². The molecule has 0 radical (unpaired) electrons. The molecule has 0 amide bonds. The van der Waals surface area contributed by atoms with Crippen molar-refractivity contribution in [2.24, 2.45) is 0 Å². The van der Waals surface area contributed by atoms with Crippen molar-refractivity contribution in [1.29, 1.82) is 0 Å². The number of carboxylic acids is 1. The van der Waals surface area contributed by atoms with Crippen LogP contribution >= 0.6 is 23.2 Å². The molecule has 2 rings (SSSR count). The fourth-order valence-corrected chi connectivity index (χ4v) is 1.86. The van der Waals surface area contributed by atoms with Crippen LogP contribution in [0.1, 0.15) is 10.5 Å². The molecule has 0 spiro atoms. The van der Waals surface area contributed by atoms with E-state index in [9.17, 15) is 9.18 Å². The van der Waals surface area contributed by atoms with Crippen molar-refractivity contribution < 1.29 is 14.3 Å². The van der Waals surface area contributed by atoms with Crippen molar-refractivity contribution in [3.05, 3.63) is 45.8 Å². The van der Waals surface area contributed by atoms with Crippen molar-refractivity contribution >= 4 is 34.9 Å². The van der Waals surface area contributed by atoms with E-state index in [1.54, 1.807) is 0 Å². The summed E-state index contributed by atoms with van der Waals surface area (Å²) in [6.07, 6.45) is 0. The molecule has 0 unspecified atom stereocenters. The molecule has 4 nitrogen and oxygen atoms in total. The second kappa shape index (κ2) is 5.03. The van der Waals surface area contributed by atoms with E-state index in [-0.39, 0.29) is 27.0 Å². The van der Waals surface area contributed by atoms with Crippen molar-refractivity contribution in [1.82, 2.24) is 4.98 Å². The number of carbonyl (C=O) groups is 1. The van der Waals surface area contributed by atoms with Crippen LogP contribution in [-0.2, 0) is 0 Å². The number of aromatic nitrogens is 1. The molecule has 2 aromatic rings. The van der Waals surface area contributed by atoms with Crippen molar-refractivity contribution in [2.75, 3.05) is 5.73 Å². The van der Waals surface area contributed by atoms with Gasteiger partial charge < -0.3 is 10.8 Å². The Kier molecular flexibility index (Phi) is 3.59. The SMILES string of the molecule is Nc1cc(-c2ccc(Cl)cc2F)nc(C(=O)O)c1Cl. The van der Waals surface area contributed by atoms with Crippen molar-refractivity contribution in [2.45, 2.75) is 0 Å². The summed E-state index contributed by atoms with van der Waals surface area (Å²) in [5.41, 5.74) is 5.35. The number of halogens is 3. The molecule has 0 aliphatic heterocycles. The Morgan fingerprint density at radius 1 is 1.32 bits per heavy atom. The molecule has 0 atom stereocenters. The van der Waals surface area contributed by atoms with Gasteiger partial charge in [-0.25, -0.2) is 14.2 Å². The summed E-state index contributed by atoms with van der Waals surface area (Å²) < 4.78 is 13.8. The number of nitrogens with two attached hydrogens (primary N) is 1. The smallest absolute Gasteiger partial charge is 0.356 e. The van der Waals surface area contributed by atoms with Crippen LogP contribution in [0.5, 0.6) is 0 Å². The van der Waals surface area contributed by atoms with Gasteiger partial charge in [-0.1, -0.05) is 23.2 Å². The Hall–Kier alpha value is -1.85. The quantitative estimate of drug-likeness (QED) is 0.890. The van der Waals surface area contributed by atoms with E-state index >= 15 is 0 Å². The maximum absolute atomic E-state index is 13.8. The van der Waals surface area contributed by atoms with Crippen LogP contribution in [0.4, 0.5) is 10.1 Å². The van der Waals surface area contributed by atoms with Crippen LogP contribution in [0.15, 0.2) is 24.3 Å². The van der Waals surface area contributed by atoms with E-state index in [0.29, 0.717) is 0 Å². The van der Waals surface area contributed by atoms with Gasteiger partial charge in [-0.2, -0.15) is 0 Å². The van der Waals surface area contributed by atoms with Gasteiger partial charge in [-0.05, 0) is 24.3 Å². The highest BCUT2D eigenvalue weighted by molar-refractivity contribution is 6.35. The number of anilines is 1. The van der Waals surface area contributed by atoms with E-state index in [1.807, 2.05) is 0 Å². The zero-order valence-corrected chi connectivity index (χ0v) is 10.8. The topological polar surface area (TPSA) is 76.2 Å². The van der Waals surface area contributed by atoms with Crippen molar-refractivity contribution in [3.8, 4) is 11.3 Å². The molecule has 0 saturated heterocycles. The highest BCUT2D eigenvalue weighted by Crippen LogP contribution is 2.30. The summed E-state index contributed by atoms with van der Waals surface area (Å²) in [6, 6.07) is 5.26. The first kappa shape index (κ1) is 13.6. The Labute approximate surface area is 117 Å². The summed E-state index contributed by atoms with van der Waals surface area (Å²) in [5.74, 6) is -1.97. The zero-order chi connectivity index (χ0) is 14.2. The van der Waals surface area contributed by atoms with Crippen LogP contribution in [-0.4, -0.2) is 16.1 Å². The van der Waals surface area contributed by atoms with Gasteiger partial charge in [0.2, 0.25) is 0 Å². The standard InChI is InChI=1S/C12H7Cl2FN2O2/c13-5-1-2-6(7(15)3-5)9-4-8(16)10(14)11(17-9)12(18)19/h1-4H,(H2,16,17)(H,18,19). The lowest BCUT2D eigenvalue weighted by Gasteiger charge is -2.08. The number of carboxylic acid groups (broad SMARTS) is 1. The van der Waals surface area contributed by atoms with Crippen LogP contribution < -0.4 is 5.73 Å². The number of hydrogen-bond acceptors (Lipinski definition) is 3. The minimum Gasteiger partial charge on any atom is -0.476 e. The minimum atomic E-state index is -1.34. The molecule has 3 N–H and O–H groups in total. The predicted octanol–water partition coefficient (Wildman–Crippen LogP) is 3.47. The third-order valence-corrected chi connectivity index (χ3v) is 3.03. The molecule has 1 aromatic carbocycles. The molecule has 1 heterocycles. The first-order chi connectivity index (χ1) is 8.90. The lowest BCUT2D eigenvalue weighted by molar-refractivity contribution is 0.0691. The lowest BCUT2D eigenvalue weighted by Crippen LogP contribution is -2.05. The van der Waals surface area contributed by atoms with Crippen LogP contribution in [0.25, 0.3) is 11.3 Å². The first-order valence-electron chi connectivity index (χ1n) is 5.05. The molecule has 0 saturated carbocycles. The normalized spacial score (nSPS) is 10.5. The maximum Gasteiger partial charge on any atom is 0.356 e. The number of nitrogen functional groups attached to an aromatic ring is 1. The van der Waals surface area contributed by atoms with E-state index in [1.165, 1.54) is 18.2 Å². The Bertz CT molecular complexity index is 677. The second-order valence-corrected chi connectivity index (χ2v) is 4.50. The third kappa shape index (κ3) is 2.62. The average molecular weight is 301 g/mol. The fraction of sp³-hybridized carbons (Fsp3) is 0. The molecule has 0 aliphatic carbocycles. The van der Waals surface area contributed by atoms with Crippen molar-refractivity contribution in [3.63, 3.8) is 0 Å². The van der Waals surface area contributed by atoms with Gasteiger partial charge in [-0.15, -0.1) is 0 Å². The summed E-state index contributed by atoms with van der Waals surface area (Å²) in [6.45, 7) is 0. The van der Waals surface area contributed by atoms with Gasteiger partial charge in [0.1, 0.15) is 5.82 Å². The van der Waals surface area contributed by atoms with Gasteiger partial charge in [0.05, 0.1) is 16.4 Å². The largest absolute Gasteiger partial charge is 0.476 e. The highest BCUT2D eigenvalue weighted by Gasteiger charge is 2.17. The molecule has 7 heteroatoms. The Morgan fingerprint density at radius 2 is 2.00 bits per heavy atom. The number of nitrogens with zero attached hydrogens (tertiary/aromatic N) is 1. The Morgan fingerprint density at radius 3 is 2.58 bits per heavy atom. The summed E-state index contributed by atoms with van der Waals surface area (Å²) in [4.78, 5) is 14.8. The Balaban J connectivity index is 2.66. The summed E-state index contributed by atoms with van der Waals surface area (Å²) in [5, 5.41) is 9.01. The van der Waals surface area contributed by atoms with Gasteiger partial charge in [-0.3, -0.25) is 0 Å². The molecular formula is C12H7Cl2FN2O2. The molecule has 19 heavy (non-hydrogen) atoms. The number of pyridine rings is 1. The molecular weight excluding hydrogens is 294 g/mol. The van der Waals surface area contributed by atoms with E-state index < -0.39 is 17.5 Å². The minimum absolute atomic E-state index is 0.0124. The zero-order valence-electron chi connectivity index (χ0n) is 9.32. The number of hydrogen-bond donors (Lipinski definition) is 2. The maximum atomic E-state index is 13.8. The molecule has 1 aromatic heterocycles. The third-order valence-electron chi connectivity index (χ3n) is 2.40. The monoisotopic (exact) mass is 300 g/mol. The molecule has 98 valence electrons. The van der Waals surface area contributed by atoms with Gasteiger partial charge in [0.15, 0.2) is 5.69 Å². The molecule has 0 aliphatic rings. The number of benzene rings is 1. The van der Waals surface area contributed by atoms with Gasteiger partial charge >= 0.3 is 5.97 Å². The molecule has 0 bridgehead atoms. The van der Waals surface area contributed by atoms with Crippen LogP contribution in [0.2, 0.25) is 10.0 Å². The number of rotatable bonds is 2. The van der Waals surface area contributed by atoms with Crippen LogP contribution in [0, 0.1) is 5.82 Å². The lowest BCUT2D eigenvalue weighted by atomic mass is 10.1. The van der Waals surface area contributed by atoms with E-state index in [0.717, 1.165) is 6.07 Å². The average Bonchev–Trinajstić information content (AvgIpc) is 2.32. The van der Waals surface area contributed by atoms with Gasteiger partial charge in [0, 0.05) is 10.6 Å². The second-order valence-electron chi connectivity index (χ2n) is 3.69. The summed E-state index contributed by atoms with van der Waals surface area (Å²) in [7, 11) is 0. The van der Waals surface area contributed by atoms with Crippen LogP contribution in [0.3, 0.4) is 0 Å². The predicted molar refractivity (Wildman–Crippen MR) is 71.0 cm³/mol. The van der Waals surface area contributed by atoms with Gasteiger partial charge in [0.25, 0.3) is 0 Å².